The molecule has 0 fully saturated rings. The largest absolute Gasteiger partial charge is 0.455 e. The summed E-state index contributed by atoms with van der Waals surface area (Å²) in [5.74, 6) is 2.62. The summed E-state index contributed by atoms with van der Waals surface area (Å²) >= 11 is 10.5. The lowest BCUT2D eigenvalue weighted by Gasteiger charge is -1.94. The second kappa shape index (κ2) is 8.67. The van der Waals surface area contributed by atoms with Crippen molar-refractivity contribution in [1.29, 1.82) is 0 Å². The maximum atomic E-state index is 10.7. The van der Waals surface area contributed by atoms with Crippen molar-refractivity contribution in [2.75, 3.05) is 25.0 Å². The van der Waals surface area contributed by atoms with E-state index < -0.39 is 11.9 Å². The van der Waals surface area contributed by atoms with Crippen LogP contribution < -0.4 is 0 Å². The van der Waals surface area contributed by atoms with E-state index >= 15 is 0 Å². The van der Waals surface area contributed by atoms with Gasteiger partial charge in [-0.15, -0.1) is 23.2 Å². The van der Waals surface area contributed by atoms with Crippen LogP contribution >= 0.6 is 23.2 Å². The minimum Gasteiger partial charge on any atom is -0.455 e. The molecule has 0 aromatic heterocycles. The van der Waals surface area contributed by atoms with E-state index in [0.29, 0.717) is 0 Å². The van der Waals surface area contributed by atoms with Crippen LogP contribution in [0.5, 0.6) is 0 Å². The van der Waals surface area contributed by atoms with Crippen molar-refractivity contribution in [3.63, 3.8) is 0 Å². The molecule has 0 aromatic rings. The molecule has 0 aliphatic carbocycles. The van der Waals surface area contributed by atoms with Crippen LogP contribution in [0.1, 0.15) is 0 Å². The number of halogens is 2. The molecule has 0 heterocycles. The molecule has 0 saturated carbocycles. The molecular weight excluding hydrogens is 231 g/mol. The predicted octanol–water partition coefficient (Wildman–Crippen LogP) is 0.554. The lowest BCUT2D eigenvalue weighted by atomic mass is 10.5. The Kier molecular flexibility index (Phi) is 8.10. The molecule has 78 valence electrons. The van der Waals surface area contributed by atoms with Crippen molar-refractivity contribution in [2.24, 2.45) is 0 Å². The Balaban J connectivity index is 3.78. The van der Waals surface area contributed by atoms with Crippen LogP contribution in [-0.4, -0.2) is 36.9 Å². The number of rotatable bonds is 4. The topological polar surface area (TPSA) is 52.6 Å². The highest BCUT2D eigenvalue weighted by molar-refractivity contribution is 6.18. The van der Waals surface area contributed by atoms with E-state index in [-0.39, 0.29) is 25.0 Å². The highest BCUT2D eigenvalue weighted by Gasteiger charge is 1.98. The molecular formula is C8H8Cl2O4. The molecule has 0 N–H and O–H groups in total. The van der Waals surface area contributed by atoms with E-state index in [1.165, 1.54) is 0 Å². The van der Waals surface area contributed by atoms with Crippen LogP contribution in [0.25, 0.3) is 0 Å². The summed E-state index contributed by atoms with van der Waals surface area (Å²) in [5, 5.41) is 0. The van der Waals surface area contributed by atoms with Gasteiger partial charge in [0.15, 0.2) is 0 Å². The first kappa shape index (κ1) is 13.1. The Labute approximate surface area is 91.4 Å². The van der Waals surface area contributed by atoms with Crippen LogP contribution in [0.4, 0.5) is 0 Å². The van der Waals surface area contributed by atoms with Gasteiger partial charge in [-0.3, -0.25) is 0 Å². The smallest absolute Gasteiger partial charge is 0.384 e. The number of esters is 2. The van der Waals surface area contributed by atoms with E-state index in [1.807, 2.05) is 11.8 Å². The fourth-order valence-electron chi connectivity index (χ4n) is 0.437. The van der Waals surface area contributed by atoms with Gasteiger partial charge in [-0.2, -0.15) is 0 Å². The van der Waals surface area contributed by atoms with Crippen molar-refractivity contribution in [3.8, 4) is 11.8 Å². The SMILES string of the molecule is O=C(C#CC(=O)OCCCl)OCCCl. The monoisotopic (exact) mass is 238 g/mol. The third kappa shape index (κ3) is 7.71. The molecule has 0 spiro atoms. The zero-order chi connectivity index (χ0) is 10.8. The number of ether oxygens (including phenoxy) is 2. The summed E-state index contributed by atoms with van der Waals surface area (Å²) in [6.45, 7) is 0.123. The standard InChI is InChI=1S/C8H8Cl2O4/c9-3-5-13-7(11)1-2-8(12)14-6-4-10/h3-6H2. The number of carbonyl (C=O) groups is 2. The predicted molar refractivity (Wildman–Crippen MR) is 51.1 cm³/mol. The lowest BCUT2D eigenvalue weighted by Crippen LogP contribution is -2.07. The average molecular weight is 239 g/mol. The molecule has 14 heavy (non-hydrogen) atoms. The molecule has 0 saturated heterocycles. The molecule has 6 heteroatoms. The normalized spacial score (nSPS) is 8.43. The quantitative estimate of drug-likeness (QED) is 0.311. The Morgan fingerprint density at radius 1 is 0.929 bits per heavy atom. The Morgan fingerprint density at radius 2 is 1.29 bits per heavy atom. The van der Waals surface area contributed by atoms with Crippen molar-refractivity contribution in [2.45, 2.75) is 0 Å². The Morgan fingerprint density at radius 3 is 1.57 bits per heavy atom. The summed E-state index contributed by atoms with van der Waals surface area (Å²) in [7, 11) is 0. The maximum absolute atomic E-state index is 10.7. The summed E-state index contributed by atoms with van der Waals surface area (Å²) in [5.41, 5.74) is 0. The van der Waals surface area contributed by atoms with Crippen molar-refractivity contribution in [3.05, 3.63) is 0 Å². The molecule has 0 rings (SSSR count). The first-order valence-corrected chi connectivity index (χ1v) is 4.75. The summed E-state index contributed by atoms with van der Waals surface area (Å²) in [6.07, 6.45) is 0. The first-order chi connectivity index (χ1) is 6.70. The molecule has 0 aliphatic rings. The van der Waals surface area contributed by atoms with Gasteiger partial charge in [0.1, 0.15) is 13.2 Å². The van der Waals surface area contributed by atoms with Gasteiger partial charge in [-0.25, -0.2) is 9.59 Å². The van der Waals surface area contributed by atoms with Gasteiger partial charge in [0.25, 0.3) is 0 Å². The zero-order valence-corrected chi connectivity index (χ0v) is 8.73. The zero-order valence-electron chi connectivity index (χ0n) is 7.22. The Bertz CT molecular complexity index is 230. The maximum Gasteiger partial charge on any atom is 0.384 e. The fraction of sp³-hybridized carbons (Fsp3) is 0.500. The van der Waals surface area contributed by atoms with Crippen molar-refractivity contribution in [1.82, 2.24) is 0 Å². The van der Waals surface area contributed by atoms with E-state index in [9.17, 15) is 9.59 Å². The number of hydrogen-bond acceptors (Lipinski definition) is 4. The van der Waals surface area contributed by atoms with E-state index in [1.54, 1.807) is 0 Å². The van der Waals surface area contributed by atoms with Crippen molar-refractivity contribution >= 4 is 35.1 Å². The number of carbonyl (C=O) groups excluding carboxylic acids is 2. The third-order valence-corrected chi connectivity index (χ3v) is 1.20. The van der Waals surface area contributed by atoms with E-state index in [0.717, 1.165) is 0 Å². The van der Waals surface area contributed by atoms with Gasteiger partial charge >= 0.3 is 11.9 Å². The van der Waals surface area contributed by atoms with E-state index in [4.69, 9.17) is 23.2 Å². The number of alkyl halides is 2. The second-order valence-corrected chi connectivity index (χ2v) is 2.66. The first-order valence-electron chi connectivity index (χ1n) is 3.68. The summed E-state index contributed by atoms with van der Waals surface area (Å²) < 4.78 is 8.94. The number of hydrogen-bond donors (Lipinski definition) is 0. The van der Waals surface area contributed by atoms with Crippen LogP contribution in [0.2, 0.25) is 0 Å². The molecule has 0 amide bonds. The van der Waals surface area contributed by atoms with Gasteiger partial charge in [0.2, 0.25) is 0 Å². The van der Waals surface area contributed by atoms with E-state index in [2.05, 4.69) is 9.47 Å². The molecule has 0 bridgehead atoms. The summed E-state index contributed by atoms with van der Waals surface area (Å²) in [6, 6.07) is 0. The lowest BCUT2D eigenvalue weighted by molar-refractivity contribution is -0.138. The third-order valence-electron chi connectivity index (χ3n) is 0.887. The molecule has 0 atom stereocenters. The van der Waals surface area contributed by atoms with Crippen LogP contribution in [0.3, 0.4) is 0 Å². The van der Waals surface area contributed by atoms with Crippen LogP contribution in [0.15, 0.2) is 0 Å². The van der Waals surface area contributed by atoms with Gasteiger partial charge in [0.05, 0.1) is 11.8 Å². The highest BCUT2D eigenvalue weighted by atomic mass is 35.5. The molecule has 0 radical (unpaired) electrons. The minimum absolute atomic E-state index is 0.0613. The minimum atomic E-state index is -0.812. The molecule has 0 aromatic carbocycles. The second-order valence-electron chi connectivity index (χ2n) is 1.90. The molecule has 0 unspecified atom stereocenters. The van der Waals surface area contributed by atoms with Crippen LogP contribution in [0, 0.1) is 11.8 Å². The Hall–Kier alpha value is -0.920. The van der Waals surface area contributed by atoms with Gasteiger partial charge in [0, 0.05) is 11.8 Å². The average Bonchev–Trinajstić information content (AvgIpc) is 2.20. The van der Waals surface area contributed by atoms with Gasteiger partial charge in [-0.1, -0.05) is 0 Å². The van der Waals surface area contributed by atoms with Gasteiger partial charge in [-0.05, 0) is 0 Å². The molecule has 0 aliphatic heterocycles. The van der Waals surface area contributed by atoms with Gasteiger partial charge < -0.3 is 9.47 Å². The van der Waals surface area contributed by atoms with Crippen molar-refractivity contribution < 1.29 is 19.1 Å². The molecule has 4 nitrogen and oxygen atoms in total. The van der Waals surface area contributed by atoms with Crippen LogP contribution in [-0.2, 0) is 19.1 Å². The summed E-state index contributed by atoms with van der Waals surface area (Å²) in [4.78, 5) is 21.4. The highest BCUT2D eigenvalue weighted by Crippen LogP contribution is 1.82. The fourth-order valence-corrected chi connectivity index (χ4v) is 0.591.